The van der Waals surface area contributed by atoms with Crippen LogP contribution in [0, 0.1) is 0 Å². The summed E-state index contributed by atoms with van der Waals surface area (Å²) in [6, 6.07) is -0.933. The normalized spacial score (nSPS) is 12.4. The number of rotatable bonds is 9. The predicted molar refractivity (Wildman–Crippen MR) is 74.5 cm³/mol. The van der Waals surface area contributed by atoms with Gasteiger partial charge in [0.05, 0.1) is 13.0 Å². The number of carbonyl (C=O) groups is 2. The van der Waals surface area contributed by atoms with Crippen LogP contribution in [-0.2, 0) is 22.6 Å². The van der Waals surface area contributed by atoms with Crippen LogP contribution in [0.3, 0.4) is 0 Å². The van der Waals surface area contributed by atoms with Crippen LogP contribution in [0.25, 0.3) is 0 Å². The summed E-state index contributed by atoms with van der Waals surface area (Å²) in [5.41, 5.74) is 0. The van der Waals surface area contributed by atoms with Crippen molar-refractivity contribution in [1.29, 1.82) is 0 Å². The molecule has 21 heavy (non-hydrogen) atoms. The fourth-order valence-corrected chi connectivity index (χ4v) is 1.80. The largest absolute Gasteiger partial charge is 0.480 e. The van der Waals surface area contributed by atoms with E-state index in [0.717, 1.165) is 19.6 Å². The van der Waals surface area contributed by atoms with Crippen LogP contribution >= 0.6 is 0 Å². The number of aromatic nitrogens is 4. The van der Waals surface area contributed by atoms with Gasteiger partial charge in [-0.15, -0.1) is 5.10 Å². The van der Waals surface area contributed by atoms with Gasteiger partial charge in [0.2, 0.25) is 5.91 Å². The molecule has 1 amide bonds. The topological polar surface area (TPSA) is 113 Å². The van der Waals surface area contributed by atoms with Crippen LogP contribution in [0.4, 0.5) is 0 Å². The smallest absolute Gasteiger partial charge is 0.325 e. The zero-order valence-corrected chi connectivity index (χ0v) is 12.6. The Balaban J connectivity index is 2.55. The molecule has 1 aromatic rings. The first-order valence-corrected chi connectivity index (χ1v) is 6.97. The molecule has 1 aromatic heterocycles. The van der Waals surface area contributed by atoms with E-state index in [1.54, 1.807) is 4.68 Å². The van der Waals surface area contributed by atoms with Gasteiger partial charge in [0, 0.05) is 6.54 Å². The van der Waals surface area contributed by atoms with Gasteiger partial charge in [-0.1, -0.05) is 13.8 Å². The van der Waals surface area contributed by atoms with E-state index in [2.05, 4.69) is 39.6 Å². The molecule has 0 radical (unpaired) electrons. The lowest BCUT2D eigenvalue weighted by atomic mass is 10.3. The molecule has 2 N–H and O–H groups in total. The highest BCUT2D eigenvalue weighted by molar-refractivity contribution is 5.84. The van der Waals surface area contributed by atoms with E-state index in [1.165, 1.54) is 6.92 Å². The highest BCUT2D eigenvalue weighted by atomic mass is 16.4. The molecule has 118 valence electrons. The number of hydrogen-bond acceptors (Lipinski definition) is 6. The summed E-state index contributed by atoms with van der Waals surface area (Å²) < 4.78 is 1.57. The van der Waals surface area contributed by atoms with E-state index in [1.807, 2.05) is 0 Å². The first-order chi connectivity index (χ1) is 9.97. The van der Waals surface area contributed by atoms with Crippen molar-refractivity contribution in [3.05, 3.63) is 5.82 Å². The van der Waals surface area contributed by atoms with E-state index >= 15 is 0 Å². The van der Waals surface area contributed by atoms with Crippen LogP contribution in [-0.4, -0.2) is 67.8 Å². The quantitative estimate of drug-likeness (QED) is 0.610. The highest BCUT2D eigenvalue weighted by Crippen LogP contribution is 1.97. The van der Waals surface area contributed by atoms with Crippen LogP contribution in [0.2, 0.25) is 0 Å². The molecule has 1 rings (SSSR count). The molecule has 0 aromatic carbocycles. The van der Waals surface area contributed by atoms with Crippen LogP contribution in [0.1, 0.15) is 26.6 Å². The molecule has 1 atom stereocenters. The monoisotopic (exact) mass is 298 g/mol. The van der Waals surface area contributed by atoms with Gasteiger partial charge in [-0.05, 0) is 30.4 Å². The average molecular weight is 298 g/mol. The molecule has 0 spiro atoms. The van der Waals surface area contributed by atoms with Gasteiger partial charge in [-0.3, -0.25) is 9.59 Å². The lowest BCUT2D eigenvalue weighted by molar-refractivity contribution is -0.141. The zero-order valence-electron chi connectivity index (χ0n) is 12.6. The number of carboxylic acid groups (broad SMARTS) is 1. The van der Waals surface area contributed by atoms with Crippen molar-refractivity contribution >= 4 is 11.9 Å². The molecule has 0 fully saturated rings. The van der Waals surface area contributed by atoms with Crippen molar-refractivity contribution in [3.8, 4) is 0 Å². The molecule has 9 nitrogen and oxygen atoms in total. The summed E-state index contributed by atoms with van der Waals surface area (Å²) in [5, 5.41) is 22.4. The lowest BCUT2D eigenvalue weighted by Crippen LogP contribution is -2.39. The van der Waals surface area contributed by atoms with E-state index in [4.69, 9.17) is 5.11 Å². The fraction of sp³-hybridized carbons (Fsp3) is 0.750. The third-order valence-corrected chi connectivity index (χ3v) is 3.20. The molecule has 0 aliphatic rings. The second-order valence-electron chi connectivity index (χ2n) is 4.65. The third-order valence-electron chi connectivity index (χ3n) is 3.20. The third kappa shape index (κ3) is 5.46. The maximum atomic E-state index is 11.7. The highest BCUT2D eigenvalue weighted by Gasteiger charge is 2.17. The molecule has 0 saturated carbocycles. The Hall–Kier alpha value is -2.03. The maximum Gasteiger partial charge on any atom is 0.325 e. The zero-order chi connectivity index (χ0) is 15.8. The summed E-state index contributed by atoms with van der Waals surface area (Å²) in [5.74, 6) is -1.06. The molecule has 0 saturated heterocycles. The molecule has 9 heteroatoms. The summed E-state index contributed by atoms with van der Waals surface area (Å²) in [7, 11) is 0. The minimum Gasteiger partial charge on any atom is -0.480 e. The number of nitrogens with zero attached hydrogens (tertiary/aromatic N) is 5. The summed E-state index contributed by atoms with van der Waals surface area (Å²) in [6.45, 7) is 8.80. The Bertz CT molecular complexity index is 471. The molecule has 1 heterocycles. The number of nitrogens with one attached hydrogen (secondary N) is 1. The number of carbonyl (C=O) groups excluding carboxylic acids is 1. The first-order valence-electron chi connectivity index (χ1n) is 6.97. The SMILES string of the molecule is CCN(CC)CCn1nnnc1CC(=O)NC(C)C(=O)O. The van der Waals surface area contributed by atoms with E-state index in [9.17, 15) is 9.59 Å². The van der Waals surface area contributed by atoms with Crippen LogP contribution < -0.4 is 5.32 Å². The van der Waals surface area contributed by atoms with E-state index < -0.39 is 17.9 Å². The van der Waals surface area contributed by atoms with Crippen molar-refractivity contribution < 1.29 is 14.7 Å². The minimum absolute atomic E-state index is 0.0388. The molecule has 1 unspecified atom stereocenters. The summed E-state index contributed by atoms with van der Waals surface area (Å²) in [6.07, 6.45) is -0.0388. The Morgan fingerprint density at radius 3 is 2.62 bits per heavy atom. The number of amides is 1. The predicted octanol–water partition coefficient (Wildman–Crippen LogP) is -0.853. The van der Waals surface area contributed by atoms with Crippen molar-refractivity contribution in [2.45, 2.75) is 39.8 Å². The van der Waals surface area contributed by atoms with Gasteiger partial charge >= 0.3 is 5.97 Å². The van der Waals surface area contributed by atoms with Gasteiger partial charge in [-0.25, -0.2) is 4.68 Å². The Morgan fingerprint density at radius 2 is 2.05 bits per heavy atom. The molecule has 0 bridgehead atoms. The molecular formula is C12H22N6O3. The standard InChI is InChI=1S/C12H22N6O3/c1-4-17(5-2)6-7-18-10(14-15-16-18)8-11(19)13-9(3)12(20)21/h9H,4-8H2,1-3H3,(H,13,19)(H,20,21). The number of carboxylic acids is 1. The maximum absolute atomic E-state index is 11.7. The van der Waals surface area contributed by atoms with E-state index in [0.29, 0.717) is 12.4 Å². The Kier molecular flexibility index (Phi) is 6.73. The second-order valence-corrected chi connectivity index (χ2v) is 4.65. The van der Waals surface area contributed by atoms with Gasteiger partial charge in [0.15, 0.2) is 5.82 Å². The van der Waals surface area contributed by atoms with Gasteiger partial charge in [0.25, 0.3) is 0 Å². The minimum atomic E-state index is -1.08. The Morgan fingerprint density at radius 1 is 1.38 bits per heavy atom. The number of hydrogen-bond donors (Lipinski definition) is 2. The number of aliphatic carboxylic acids is 1. The van der Waals surface area contributed by atoms with E-state index in [-0.39, 0.29) is 6.42 Å². The number of tetrazole rings is 1. The molecule has 0 aliphatic carbocycles. The van der Waals surface area contributed by atoms with Crippen molar-refractivity contribution in [1.82, 2.24) is 30.4 Å². The average Bonchev–Trinajstić information content (AvgIpc) is 2.87. The van der Waals surface area contributed by atoms with Gasteiger partial charge in [0.1, 0.15) is 6.04 Å². The first kappa shape index (κ1) is 17.0. The lowest BCUT2D eigenvalue weighted by Gasteiger charge is -2.17. The van der Waals surface area contributed by atoms with Crippen LogP contribution in [0.15, 0.2) is 0 Å². The van der Waals surface area contributed by atoms with Crippen LogP contribution in [0.5, 0.6) is 0 Å². The van der Waals surface area contributed by atoms with Crippen molar-refractivity contribution in [2.75, 3.05) is 19.6 Å². The van der Waals surface area contributed by atoms with Crippen molar-refractivity contribution in [2.24, 2.45) is 0 Å². The van der Waals surface area contributed by atoms with Crippen molar-refractivity contribution in [3.63, 3.8) is 0 Å². The van der Waals surface area contributed by atoms with Gasteiger partial charge < -0.3 is 15.3 Å². The summed E-state index contributed by atoms with van der Waals surface area (Å²) in [4.78, 5) is 24.6. The molecular weight excluding hydrogens is 276 g/mol. The second kappa shape index (κ2) is 8.30. The fourth-order valence-electron chi connectivity index (χ4n) is 1.80. The van der Waals surface area contributed by atoms with Gasteiger partial charge in [-0.2, -0.15) is 0 Å². The number of likely N-dealkylation sites (N-methyl/N-ethyl adjacent to an activating group) is 1. The Labute approximate surface area is 123 Å². The molecule has 0 aliphatic heterocycles. The summed E-state index contributed by atoms with van der Waals surface area (Å²) >= 11 is 0.